The van der Waals surface area contributed by atoms with E-state index in [0.717, 1.165) is 37.1 Å². The molecule has 0 amide bonds. The fourth-order valence-electron chi connectivity index (χ4n) is 2.28. The van der Waals surface area contributed by atoms with Gasteiger partial charge in [0.25, 0.3) is 0 Å². The van der Waals surface area contributed by atoms with Gasteiger partial charge in [-0.2, -0.15) is 0 Å². The molecule has 1 heterocycles. The molecule has 1 aromatic heterocycles. The number of aliphatic hydroxyl groups is 1. The van der Waals surface area contributed by atoms with E-state index in [0.29, 0.717) is 5.52 Å². The summed E-state index contributed by atoms with van der Waals surface area (Å²) in [6.45, 7) is 2.90. The third-order valence-electron chi connectivity index (χ3n) is 3.24. The molecular weight excluding hydrogens is 244 g/mol. The van der Waals surface area contributed by atoms with Crippen molar-refractivity contribution in [1.29, 1.82) is 0 Å². The van der Waals surface area contributed by atoms with Crippen LogP contribution in [0.15, 0.2) is 18.2 Å². The number of carboxylic acid groups (broad SMARTS) is 1. The number of carbonyl (C=O) groups is 1. The van der Waals surface area contributed by atoms with Crippen molar-refractivity contribution >= 4 is 17.0 Å². The molecule has 0 saturated carbocycles. The van der Waals surface area contributed by atoms with Crippen LogP contribution in [0, 0.1) is 6.92 Å². The summed E-state index contributed by atoms with van der Waals surface area (Å²) in [5.74, 6) is -0.122. The standard InChI is InChI=1S/C14H18N2O3/c1-10-15-13-11(14(18)19)6-5-7-12(13)16(10)8-3-2-4-9-17/h5-7,17H,2-4,8-9H2,1H3,(H,18,19). The van der Waals surface area contributed by atoms with Crippen LogP contribution in [-0.2, 0) is 6.54 Å². The van der Waals surface area contributed by atoms with E-state index in [1.165, 1.54) is 0 Å². The van der Waals surface area contributed by atoms with Crippen LogP contribution >= 0.6 is 0 Å². The first-order valence-corrected chi connectivity index (χ1v) is 6.45. The maximum absolute atomic E-state index is 11.2. The Labute approximate surface area is 111 Å². The highest BCUT2D eigenvalue weighted by Gasteiger charge is 2.14. The van der Waals surface area contributed by atoms with Crippen LogP contribution in [0.2, 0.25) is 0 Å². The molecule has 2 aromatic rings. The molecular formula is C14H18N2O3. The van der Waals surface area contributed by atoms with Crippen LogP contribution < -0.4 is 0 Å². The molecule has 0 aliphatic carbocycles. The zero-order valence-electron chi connectivity index (χ0n) is 11.0. The normalized spacial score (nSPS) is 11.1. The van der Waals surface area contributed by atoms with Crippen molar-refractivity contribution < 1.29 is 15.0 Å². The number of aryl methyl sites for hydroxylation is 2. The van der Waals surface area contributed by atoms with Crippen LogP contribution in [0.1, 0.15) is 35.4 Å². The van der Waals surface area contributed by atoms with Crippen molar-refractivity contribution in [3.05, 3.63) is 29.6 Å². The van der Waals surface area contributed by atoms with E-state index >= 15 is 0 Å². The minimum atomic E-state index is -0.949. The second-order valence-corrected chi connectivity index (χ2v) is 4.57. The molecule has 2 N–H and O–H groups in total. The predicted octanol–water partition coefficient (Wildman–Crippen LogP) is 2.21. The van der Waals surface area contributed by atoms with Crippen molar-refractivity contribution in [2.75, 3.05) is 6.61 Å². The monoisotopic (exact) mass is 262 g/mol. The van der Waals surface area contributed by atoms with E-state index in [1.807, 2.05) is 17.6 Å². The number of hydrogen-bond donors (Lipinski definition) is 2. The largest absolute Gasteiger partial charge is 0.478 e. The van der Waals surface area contributed by atoms with Gasteiger partial charge in [-0.15, -0.1) is 0 Å². The van der Waals surface area contributed by atoms with Gasteiger partial charge in [-0.3, -0.25) is 0 Å². The van der Waals surface area contributed by atoms with E-state index in [9.17, 15) is 4.79 Å². The molecule has 0 aliphatic heterocycles. The summed E-state index contributed by atoms with van der Waals surface area (Å²) in [4.78, 5) is 15.5. The maximum atomic E-state index is 11.2. The van der Waals surface area contributed by atoms with Gasteiger partial charge in [0.05, 0.1) is 11.1 Å². The van der Waals surface area contributed by atoms with Crippen molar-refractivity contribution in [1.82, 2.24) is 9.55 Å². The van der Waals surface area contributed by atoms with Gasteiger partial charge < -0.3 is 14.8 Å². The smallest absolute Gasteiger partial charge is 0.337 e. The minimum Gasteiger partial charge on any atom is -0.478 e. The number of hydrogen-bond acceptors (Lipinski definition) is 3. The van der Waals surface area contributed by atoms with Gasteiger partial charge in [0.2, 0.25) is 0 Å². The van der Waals surface area contributed by atoms with E-state index in [1.54, 1.807) is 12.1 Å². The third kappa shape index (κ3) is 2.76. The summed E-state index contributed by atoms with van der Waals surface area (Å²) in [6.07, 6.45) is 2.70. The first-order valence-electron chi connectivity index (χ1n) is 6.45. The van der Waals surface area contributed by atoms with Gasteiger partial charge in [0.1, 0.15) is 11.3 Å². The molecule has 5 heteroatoms. The highest BCUT2D eigenvalue weighted by molar-refractivity contribution is 6.01. The van der Waals surface area contributed by atoms with Crippen LogP contribution in [0.25, 0.3) is 11.0 Å². The predicted molar refractivity (Wildman–Crippen MR) is 72.4 cm³/mol. The Morgan fingerprint density at radius 1 is 1.32 bits per heavy atom. The Morgan fingerprint density at radius 3 is 2.79 bits per heavy atom. The zero-order valence-corrected chi connectivity index (χ0v) is 11.0. The Balaban J connectivity index is 2.31. The minimum absolute atomic E-state index is 0.215. The van der Waals surface area contributed by atoms with Crippen molar-refractivity contribution in [2.45, 2.75) is 32.7 Å². The van der Waals surface area contributed by atoms with Gasteiger partial charge in [0, 0.05) is 13.2 Å². The summed E-state index contributed by atoms with van der Waals surface area (Å²) in [7, 11) is 0. The molecule has 0 unspecified atom stereocenters. The number of aliphatic hydroxyl groups excluding tert-OH is 1. The number of fused-ring (bicyclic) bond motifs is 1. The van der Waals surface area contributed by atoms with E-state index < -0.39 is 5.97 Å². The lowest BCUT2D eigenvalue weighted by atomic mass is 10.2. The second kappa shape index (κ2) is 5.84. The number of carboxylic acids is 1. The van der Waals surface area contributed by atoms with E-state index in [4.69, 9.17) is 10.2 Å². The van der Waals surface area contributed by atoms with E-state index in [2.05, 4.69) is 4.98 Å². The molecule has 2 rings (SSSR count). The van der Waals surface area contributed by atoms with Gasteiger partial charge in [-0.1, -0.05) is 6.07 Å². The molecule has 0 bridgehead atoms. The Bertz CT molecular complexity index is 590. The number of aromatic carboxylic acids is 1. The fraction of sp³-hybridized carbons (Fsp3) is 0.429. The number of benzene rings is 1. The average molecular weight is 262 g/mol. The number of nitrogens with zero attached hydrogens (tertiary/aromatic N) is 2. The summed E-state index contributed by atoms with van der Waals surface area (Å²) in [5.41, 5.74) is 1.66. The van der Waals surface area contributed by atoms with Crippen LogP contribution in [0.3, 0.4) is 0 Å². The first kappa shape index (κ1) is 13.5. The molecule has 0 saturated heterocycles. The van der Waals surface area contributed by atoms with Gasteiger partial charge >= 0.3 is 5.97 Å². The van der Waals surface area contributed by atoms with Crippen LogP contribution in [0.4, 0.5) is 0 Å². The molecule has 0 spiro atoms. The van der Waals surface area contributed by atoms with Gasteiger partial charge in [0.15, 0.2) is 0 Å². The third-order valence-corrected chi connectivity index (χ3v) is 3.24. The van der Waals surface area contributed by atoms with Crippen LogP contribution in [0.5, 0.6) is 0 Å². The highest BCUT2D eigenvalue weighted by Crippen LogP contribution is 2.20. The van der Waals surface area contributed by atoms with Crippen molar-refractivity contribution in [3.8, 4) is 0 Å². The lowest BCUT2D eigenvalue weighted by Crippen LogP contribution is -2.01. The second-order valence-electron chi connectivity index (χ2n) is 4.57. The van der Waals surface area contributed by atoms with Crippen molar-refractivity contribution in [3.63, 3.8) is 0 Å². The summed E-state index contributed by atoms with van der Waals surface area (Å²) in [6, 6.07) is 5.22. The summed E-state index contributed by atoms with van der Waals surface area (Å²) in [5, 5.41) is 17.9. The molecule has 0 fully saturated rings. The Kier molecular flexibility index (Phi) is 4.16. The fourth-order valence-corrected chi connectivity index (χ4v) is 2.28. The Hall–Kier alpha value is -1.88. The number of unbranched alkanes of at least 4 members (excludes halogenated alkanes) is 2. The molecule has 102 valence electrons. The van der Waals surface area contributed by atoms with Crippen LogP contribution in [-0.4, -0.2) is 32.3 Å². The summed E-state index contributed by atoms with van der Waals surface area (Å²) < 4.78 is 2.04. The lowest BCUT2D eigenvalue weighted by molar-refractivity contribution is 0.0699. The SMILES string of the molecule is Cc1nc2c(C(=O)O)cccc2n1CCCCCO. The number of aromatic nitrogens is 2. The van der Waals surface area contributed by atoms with E-state index in [-0.39, 0.29) is 12.2 Å². The highest BCUT2D eigenvalue weighted by atomic mass is 16.4. The number of imidazole rings is 1. The quantitative estimate of drug-likeness (QED) is 0.783. The van der Waals surface area contributed by atoms with Crippen molar-refractivity contribution in [2.24, 2.45) is 0 Å². The number of rotatable bonds is 6. The molecule has 0 atom stereocenters. The first-order chi connectivity index (χ1) is 9.15. The average Bonchev–Trinajstić information content (AvgIpc) is 2.70. The molecule has 1 aromatic carbocycles. The lowest BCUT2D eigenvalue weighted by Gasteiger charge is -2.06. The Morgan fingerprint density at radius 2 is 2.11 bits per heavy atom. The zero-order chi connectivity index (χ0) is 13.8. The number of para-hydroxylation sites is 1. The molecule has 5 nitrogen and oxygen atoms in total. The topological polar surface area (TPSA) is 75.3 Å². The molecule has 0 radical (unpaired) electrons. The molecule has 19 heavy (non-hydrogen) atoms. The maximum Gasteiger partial charge on any atom is 0.337 e. The summed E-state index contributed by atoms with van der Waals surface area (Å²) >= 11 is 0. The van der Waals surface area contributed by atoms with Gasteiger partial charge in [-0.05, 0) is 38.3 Å². The molecule has 0 aliphatic rings. The van der Waals surface area contributed by atoms with Gasteiger partial charge in [-0.25, -0.2) is 9.78 Å².